The van der Waals surface area contributed by atoms with Gasteiger partial charge in [0.2, 0.25) is 5.56 Å². The van der Waals surface area contributed by atoms with Crippen LogP contribution in [0.1, 0.15) is 10.4 Å². The van der Waals surface area contributed by atoms with E-state index in [4.69, 9.17) is 0 Å². The summed E-state index contributed by atoms with van der Waals surface area (Å²) in [5.74, 6) is -0.638. The van der Waals surface area contributed by atoms with Crippen molar-refractivity contribution in [2.24, 2.45) is 0 Å². The molecule has 0 spiro atoms. The number of pyridine rings is 1. The minimum absolute atomic E-state index is 0.241. The third-order valence-corrected chi connectivity index (χ3v) is 3.37. The molecule has 0 unspecified atom stereocenters. The Balaban J connectivity index is 1.93. The van der Waals surface area contributed by atoms with Crippen LogP contribution < -0.4 is 10.9 Å². The number of amides is 1. The quantitative estimate of drug-likeness (QED) is 0.778. The molecule has 2 aromatic carbocycles. The zero-order chi connectivity index (χ0) is 16.2. The SMILES string of the molecule is O=C(Nc1ccc(=O)[nH]c1)c1ccccc1-c1ccc(F)cc1. The molecule has 0 radical (unpaired) electrons. The van der Waals surface area contributed by atoms with Crippen LogP contribution in [0.4, 0.5) is 10.1 Å². The van der Waals surface area contributed by atoms with Crippen molar-refractivity contribution in [1.82, 2.24) is 4.98 Å². The van der Waals surface area contributed by atoms with E-state index in [9.17, 15) is 14.0 Å². The Bertz CT molecular complexity index is 881. The number of anilines is 1. The Morgan fingerprint density at radius 1 is 0.957 bits per heavy atom. The van der Waals surface area contributed by atoms with E-state index in [0.717, 1.165) is 5.56 Å². The summed E-state index contributed by atoms with van der Waals surface area (Å²) >= 11 is 0. The molecular weight excluding hydrogens is 295 g/mol. The molecule has 0 aliphatic rings. The molecule has 1 amide bonds. The average Bonchev–Trinajstić information content (AvgIpc) is 2.58. The molecule has 0 saturated carbocycles. The van der Waals surface area contributed by atoms with Crippen LogP contribution in [0.3, 0.4) is 0 Å². The minimum Gasteiger partial charge on any atom is -0.327 e. The maximum Gasteiger partial charge on any atom is 0.256 e. The molecule has 23 heavy (non-hydrogen) atoms. The molecule has 0 aliphatic carbocycles. The molecule has 0 saturated heterocycles. The van der Waals surface area contributed by atoms with Crippen LogP contribution in [0.25, 0.3) is 11.1 Å². The number of rotatable bonds is 3. The number of carbonyl (C=O) groups excluding carboxylic acids is 1. The highest BCUT2D eigenvalue weighted by Crippen LogP contribution is 2.24. The second kappa shape index (κ2) is 6.27. The molecule has 1 aromatic heterocycles. The Hall–Kier alpha value is -3.21. The molecule has 0 bridgehead atoms. The predicted octanol–water partition coefficient (Wildman–Crippen LogP) is 3.43. The van der Waals surface area contributed by atoms with Crippen molar-refractivity contribution in [3.8, 4) is 11.1 Å². The van der Waals surface area contributed by atoms with Gasteiger partial charge in [-0.15, -0.1) is 0 Å². The minimum atomic E-state index is -0.330. The Kier molecular flexibility index (Phi) is 4.01. The molecule has 0 fully saturated rings. The molecule has 0 aliphatic heterocycles. The van der Waals surface area contributed by atoms with Gasteiger partial charge in [0.05, 0.1) is 5.69 Å². The van der Waals surface area contributed by atoms with Gasteiger partial charge in [0.25, 0.3) is 5.91 Å². The lowest BCUT2D eigenvalue weighted by atomic mass is 9.99. The zero-order valence-electron chi connectivity index (χ0n) is 12.0. The second-order valence-corrected chi connectivity index (χ2v) is 4.95. The molecule has 114 valence electrons. The first-order valence-electron chi connectivity index (χ1n) is 6.98. The molecule has 4 nitrogen and oxygen atoms in total. The highest BCUT2D eigenvalue weighted by Gasteiger charge is 2.12. The standard InChI is InChI=1S/C18H13FN2O2/c19-13-7-5-12(6-8-13)15-3-1-2-4-16(15)18(23)21-14-9-10-17(22)20-11-14/h1-11H,(H,20,22)(H,21,23). The van der Waals surface area contributed by atoms with E-state index < -0.39 is 0 Å². The molecule has 0 atom stereocenters. The summed E-state index contributed by atoms with van der Waals surface area (Å²) < 4.78 is 13.1. The summed E-state index contributed by atoms with van der Waals surface area (Å²) in [6.45, 7) is 0. The van der Waals surface area contributed by atoms with Crippen molar-refractivity contribution in [1.29, 1.82) is 0 Å². The van der Waals surface area contributed by atoms with E-state index in [1.807, 2.05) is 6.07 Å². The van der Waals surface area contributed by atoms with Crippen molar-refractivity contribution in [2.75, 3.05) is 5.32 Å². The van der Waals surface area contributed by atoms with E-state index in [1.54, 1.807) is 30.3 Å². The number of nitrogens with one attached hydrogen (secondary N) is 2. The topological polar surface area (TPSA) is 62.0 Å². The van der Waals surface area contributed by atoms with E-state index in [2.05, 4.69) is 10.3 Å². The zero-order valence-corrected chi connectivity index (χ0v) is 12.0. The second-order valence-electron chi connectivity index (χ2n) is 4.95. The predicted molar refractivity (Wildman–Crippen MR) is 86.9 cm³/mol. The molecule has 3 rings (SSSR count). The lowest BCUT2D eigenvalue weighted by molar-refractivity contribution is 0.102. The van der Waals surface area contributed by atoms with Gasteiger partial charge >= 0.3 is 0 Å². The van der Waals surface area contributed by atoms with E-state index in [-0.39, 0.29) is 17.3 Å². The van der Waals surface area contributed by atoms with E-state index in [1.165, 1.54) is 30.5 Å². The van der Waals surface area contributed by atoms with Crippen molar-refractivity contribution in [3.05, 3.63) is 88.6 Å². The van der Waals surface area contributed by atoms with Crippen LogP contribution in [0.2, 0.25) is 0 Å². The van der Waals surface area contributed by atoms with Gasteiger partial charge in [0, 0.05) is 17.8 Å². The molecule has 5 heteroatoms. The van der Waals surface area contributed by atoms with E-state index >= 15 is 0 Å². The fourth-order valence-corrected chi connectivity index (χ4v) is 2.25. The van der Waals surface area contributed by atoms with Crippen LogP contribution in [-0.2, 0) is 0 Å². The first kappa shape index (κ1) is 14.7. The lowest BCUT2D eigenvalue weighted by Crippen LogP contribution is -2.14. The van der Waals surface area contributed by atoms with Gasteiger partial charge in [-0.2, -0.15) is 0 Å². The smallest absolute Gasteiger partial charge is 0.256 e. The third kappa shape index (κ3) is 3.35. The van der Waals surface area contributed by atoms with Gasteiger partial charge in [-0.1, -0.05) is 30.3 Å². The highest BCUT2D eigenvalue weighted by molar-refractivity contribution is 6.08. The fraction of sp³-hybridized carbons (Fsp3) is 0. The van der Waals surface area contributed by atoms with Crippen molar-refractivity contribution in [2.45, 2.75) is 0 Å². The normalized spacial score (nSPS) is 10.3. The summed E-state index contributed by atoms with van der Waals surface area (Å²) in [6.07, 6.45) is 1.43. The molecule has 3 aromatic rings. The summed E-state index contributed by atoms with van der Waals surface area (Å²) in [7, 11) is 0. The fourth-order valence-electron chi connectivity index (χ4n) is 2.25. The average molecular weight is 308 g/mol. The highest BCUT2D eigenvalue weighted by atomic mass is 19.1. The maximum absolute atomic E-state index is 13.1. The van der Waals surface area contributed by atoms with Gasteiger partial charge in [-0.3, -0.25) is 9.59 Å². The summed E-state index contributed by atoms with van der Waals surface area (Å²) in [5, 5.41) is 2.72. The molecular formula is C18H13FN2O2. The van der Waals surface area contributed by atoms with Crippen LogP contribution in [0.15, 0.2) is 71.7 Å². The molecule has 2 N–H and O–H groups in total. The number of carbonyl (C=O) groups is 1. The van der Waals surface area contributed by atoms with Crippen LogP contribution in [-0.4, -0.2) is 10.9 Å². The van der Waals surface area contributed by atoms with Gasteiger partial charge in [-0.05, 0) is 35.4 Å². The summed E-state index contributed by atoms with van der Waals surface area (Å²) in [4.78, 5) is 26.0. The van der Waals surface area contributed by atoms with Gasteiger partial charge < -0.3 is 10.3 Å². The summed E-state index contributed by atoms with van der Waals surface area (Å²) in [5.41, 5.74) is 2.16. The lowest BCUT2D eigenvalue weighted by Gasteiger charge is -2.10. The van der Waals surface area contributed by atoms with E-state index in [0.29, 0.717) is 16.8 Å². The summed E-state index contributed by atoms with van der Waals surface area (Å²) in [6, 6.07) is 15.9. The number of aromatic amines is 1. The van der Waals surface area contributed by atoms with Crippen molar-refractivity contribution < 1.29 is 9.18 Å². The van der Waals surface area contributed by atoms with Gasteiger partial charge in [-0.25, -0.2) is 4.39 Å². The van der Waals surface area contributed by atoms with Gasteiger partial charge in [0.1, 0.15) is 5.82 Å². The third-order valence-electron chi connectivity index (χ3n) is 3.37. The number of halogens is 1. The van der Waals surface area contributed by atoms with Gasteiger partial charge in [0.15, 0.2) is 0 Å². The van der Waals surface area contributed by atoms with Crippen LogP contribution in [0.5, 0.6) is 0 Å². The molecule has 1 heterocycles. The maximum atomic E-state index is 13.1. The van der Waals surface area contributed by atoms with Crippen molar-refractivity contribution >= 4 is 11.6 Å². The first-order valence-corrected chi connectivity index (χ1v) is 6.98. The number of aromatic nitrogens is 1. The number of hydrogen-bond donors (Lipinski definition) is 2. The number of H-pyrrole nitrogens is 1. The number of hydrogen-bond acceptors (Lipinski definition) is 2. The first-order chi connectivity index (χ1) is 11.1. The van der Waals surface area contributed by atoms with Crippen LogP contribution in [0, 0.1) is 5.82 Å². The van der Waals surface area contributed by atoms with Crippen LogP contribution >= 0.6 is 0 Å². The number of benzene rings is 2. The van der Waals surface area contributed by atoms with Crippen molar-refractivity contribution in [3.63, 3.8) is 0 Å². The Labute approximate surface area is 131 Å². The Morgan fingerprint density at radius 2 is 1.70 bits per heavy atom. The monoisotopic (exact) mass is 308 g/mol. The Morgan fingerprint density at radius 3 is 2.39 bits per heavy atom. The largest absolute Gasteiger partial charge is 0.327 e.